The molecule has 1 N–H and O–H groups in total. The van der Waals surface area contributed by atoms with Gasteiger partial charge in [0.1, 0.15) is 5.82 Å². The van der Waals surface area contributed by atoms with Crippen LogP contribution in [0.15, 0.2) is 47.8 Å². The Kier molecular flexibility index (Phi) is 5.33. The lowest BCUT2D eigenvalue weighted by Gasteiger charge is -2.12. The van der Waals surface area contributed by atoms with Crippen LogP contribution in [-0.2, 0) is 6.54 Å². The molecule has 0 bridgehead atoms. The third-order valence-electron chi connectivity index (χ3n) is 3.61. The second-order valence-corrected chi connectivity index (χ2v) is 7.03. The normalized spacial score (nSPS) is 11.2. The molecule has 2 heterocycles. The molecule has 0 saturated carbocycles. The largest absolute Gasteiger partial charge is 0.359 e. The highest BCUT2D eigenvalue weighted by Crippen LogP contribution is 2.27. The van der Waals surface area contributed by atoms with E-state index in [4.69, 9.17) is 0 Å². The van der Waals surface area contributed by atoms with Crippen molar-refractivity contribution in [3.63, 3.8) is 0 Å². The van der Waals surface area contributed by atoms with Gasteiger partial charge in [-0.2, -0.15) is 0 Å². The zero-order valence-corrected chi connectivity index (χ0v) is 14.9. The van der Waals surface area contributed by atoms with Gasteiger partial charge in [0.05, 0.1) is 17.0 Å². The van der Waals surface area contributed by atoms with E-state index in [0.29, 0.717) is 34.7 Å². The molecule has 0 amide bonds. The Hall–Kier alpha value is -2.41. The van der Waals surface area contributed by atoms with Gasteiger partial charge in [-0.25, -0.2) is 4.39 Å². The topological polar surface area (TPSA) is 63.6 Å². The SMILES string of the molecule is CC(C)Cn1c(SCC(=O)c2ccc[nH]2)nnc1-c1ccccc1F. The molecule has 0 fully saturated rings. The first-order valence-corrected chi connectivity index (χ1v) is 9.02. The highest BCUT2D eigenvalue weighted by Gasteiger charge is 2.19. The van der Waals surface area contributed by atoms with Crippen LogP contribution in [0.2, 0.25) is 0 Å². The summed E-state index contributed by atoms with van der Waals surface area (Å²) in [5.41, 5.74) is 0.981. The van der Waals surface area contributed by atoms with E-state index in [2.05, 4.69) is 29.0 Å². The number of Topliss-reactive ketones (excluding diaryl/α,β-unsaturated/α-hetero) is 1. The molecule has 0 unspecified atom stereocenters. The Morgan fingerprint density at radius 3 is 2.72 bits per heavy atom. The summed E-state index contributed by atoms with van der Waals surface area (Å²) >= 11 is 1.31. The van der Waals surface area contributed by atoms with Crippen molar-refractivity contribution in [1.82, 2.24) is 19.7 Å². The van der Waals surface area contributed by atoms with E-state index in [1.165, 1.54) is 17.8 Å². The Labute approximate surface area is 149 Å². The Morgan fingerprint density at radius 1 is 1.24 bits per heavy atom. The van der Waals surface area contributed by atoms with Crippen molar-refractivity contribution in [2.75, 3.05) is 5.75 Å². The van der Waals surface area contributed by atoms with Crippen molar-refractivity contribution in [2.24, 2.45) is 5.92 Å². The summed E-state index contributed by atoms with van der Waals surface area (Å²) in [5.74, 6) is 0.718. The molecule has 3 rings (SSSR count). The van der Waals surface area contributed by atoms with Crippen LogP contribution in [0.4, 0.5) is 4.39 Å². The summed E-state index contributed by atoms with van der Waals surface area (Å²) in [7, 11) is 0. The standard InChI is InChI=1S/C18H19FN4OS/c1-12(2)10-23-17(13-6-3-4-7-14(13)19)21-22-18(23)25-11-16(24)15-8-5-9-20-15/h3-9,12,20H,10-11H2,1-2H3. The van der Waals surface area contributed by atoms with E-state index in [0.717, 1.165) is 0 Å². The number of aromatic amines is 1. The number of halogens is 1. The maximum absolute atomic E-state index is 14.2. The molecule has 0 spiro atoms. The molecule has 0 radical (unpaired) electrons. The zero-order chi connectivity index (χ0) is 17.8. The molecule has 0 aliphatic carbocycles. The molecule has 0 aliphatic rings. The van der Waals surface area contributed by atoms with Crippen molar-refractivity contribution in [3.05, 3.63) is 54.1 Å². The first-order valence-electron chi connectivity index (χ1n) is 8.03. The highest BCUT2D eigenvalue weighted by atomic mass is 32.2. The Morgan fingerprint density at radius 2 is 2.04 bits per heavy atom. The summed E-state index contributed by atoms with van der Waals surface area (Å²) < 4.78 is 16.0. The third kappa shape index (κ3) is 3.99. The predicted octanol–water partition coefficient (Wildman–Crippen LogP) is 4.04. The molecule has 3 aromatic rings. The molecule has 130 valence electrons. The average Bonchev–Trinajstić information content (AvgIpc) is 3.23. The predicted molar refractivity (Wildman–Crippen MR) is 96.1 cm³/mol. The zero-order valence-electron chi connectivity index (χ0n) is 14.1. The Balaban J connectivity index is 1.86. The number of nitrogens with one attached hydrogen (secondary N) is 1. The summed E-state index contributed by atoms with van der Waals surface area (Å²) in [5, 5.41) is 8.98. The first kappa shape index (κ1) is 17.4. The molecule has 2 aromatic heterocycles. The number of thioether (sulfide) groups is 1. The fourth-order valence-electron chi connectivity index (χ4n) is 2.48. The van der Waals surface area contributed by atoms with Gasteiger partial charge in [-0.15, -0.1) is 10.2 Å². The molecule has 1 aromatic carbocycles. The average molecular weight is 358 g/mol. The second-order valence-electron chi connectivity index (χ2n) is 6.09. The number of rotatable bonds is 7. The quantitative estimate of drug-likeness (QED) is 0.511. The maximum Gasteiger partial charge on any atom is 0.191 e. The molecule has 25 heavy (non-hydrogen) atoms. The third-order valence-corrected chi connectivity index (χ3v) is 4.58. The summed E-state index contributed by atoms with van der Waals surface area (Å²) in [4.78, 5) is 15.1. The van der Waals surface area contributed by atoms with E-state index >= 15 is 0 Å². The van der Waals surface area contributed by atoms with Gasteiger partial charge in [-0.3, -0.25) is 4.79 Å². The van der Waals surface area contributed by atoms with E-state index in [1.54, 1.807) is 36.5 Å². The highest BCUT2D eigenvalue weighted by molar-refractivity contribution is 7.99. The minimum Gasteiger partial charge on any atom is -0.359 e. The minimum absolute atomic E-state index is 0.0125. The molecule has 0 saturated heterocycles. The fourth-order valence-corrected chi connectivity index (χ4v) is 3.31. The van der Waals surface area contributed by atoms with Gasteiger partial charge in [0.25, 0.3) is 0 Å². The van der Waals surface area contributed by atoms with Crippen molar-refractivity contribution >= 4 is 17.5 Å². The number of carbonyl (C=O) groups excluding carboxylic acids is 1. The number of hydrogen-bond donors (Lipinski definition) is 1. The first-order chi connectivity index (χ1) is 12.1. The van der Waals surface area contributed by atoms with Crippen LogP contribution in [0.3, 0.4) is 0 Å². The maximum atomic E-state index is 14.2. The lowest BCUT2D eigenvalue weighted by molar-refractivity contribution is 0.101. The monoisotopic (exact) mass is 358 g/mol. The fraction of sp³-hybridized carbons (Fsp3) is 0.278. The van der Waals surface area contributed by atoms with E-state index < -0.39 is 0 Å². The van der Waals surface area contributed by atoms with E-state index in [-0.39, 0.29) is 17.4 Å². The van der Waals surface area contributed by atoms with E-state index in [1.807, 2.05) is 4.57 Å². The summed E-state index contributed by atoms with van der Waals surface area (Å²) in [6.07, 6.45) is 1.72. The molecular formula is C18H19FN4OS. The number of nitrogens with zero attached hydrogens (tertiary/aromatic N) is 3. The number of benzene rings is 1. The lowest BCUT2D eigenvalue weighted by Crippen LogP contribution is -2.10. The smallest absolute Gasteiger partial charge is 0.191 e. The number of ketones is 1. The van der Waals surface area contributed by atoms with Crippen LogP contribution in [-0.4, -0.2) is 31.3 Å². The van der Waals surface area contributed by atoms with Crippen molar-refractivity contribution < 1.29 is 9.18 Å². The summed E-state index contributed by atoms with van der Waals surface area (Å²) in [6.45, 7) is 4.79. The Bertz CT molecular complexity index is 858. The number of aromatic nitrogens is 4. The van der Waals surface area contributed by atoms with Crippen molar-refractivity contribution in [1.29, 1.82) is 0 Å². The van der Waals surface area contributed by atoms with Crippen molar-refractivity contribution in [3.8, 4) is 11.4 Å². The minimum atomic E-state index is -0.334. The number of H-pyrrole nitrogens is 1. The van der Waals surface area contributed by atoms with Gasteiger partial charge in [0, 0.05) is 12.7 Å². The van der Waals surface area contributed by atoms with Crippen molar-refractivity contribution in [2.45, 2.75) is 25.5 Å². The molecule has 0 aliphatic heterocycles. The van der Waals surface area contributed by atoms with Gasteiger partial charge >= 0.3 is 0 Å². The van der Waals surface area contributed by atoms with Crippen LogP contribution in [0.5, 0.6) is 0 Å². The second kappa shape index (κ2) is 7.65. The van der Waals surface area contributed by atoms with Crippen LogP contribution < -0.4 is 0 Å². The molecule has 7 heteroatoms. The molecule has 5 nitrogen and oxygen atoms in total. The van der Waals surface area contributed by atoms with Crippen LogP contribution in [0, 0.1) is 11.7 Å². The van der Waals surface area contributed by atoms with Crippen LogP contribution >= 0.6 is 11.8 Å². The van der Waals surface area contributed by atoms with Gasteiger partial charge < -0.3 is 9.55 Å². The van der Waals surface area contributed by atoms with Crippen LogP contribution in [0.1, 0.15) is 24.3 Å². The van der Waals surface area contributed by atoms with Gasteiger partial charge in [-0.05, 0) is 30.2 Å². The number of hydrogen-bond acceptors (Lipinski definition) is 4. The molecular weight excluding hydrogens is 339 g/mol. The van der Waals surface area contributed by atoms with Gasteiger partial charge in [0.2, 0.25) is 0 Å². The van der Waals surface area contributed by atoms with E-state index in [9.17, 15) is 9.18 Å². The lowest BCUT2D eigenvalue weighted by atomic mass is 10.2. The van der Waals surface area contributed by atoms with Crippen LogP contribution in [0.25, 0.3) is 11.4 Å². The van der Waals surface area contributed by atoms with Gasteiger partial charge in [-0.1, -0.05) is 37.7 Å². The number of carbonyl (C=O) groups is 1. The summed E-state index contributed by atoms with van der Waals surface area (Å²) in [6, 6.07) is 10.0. The van der Waals surface area contributed by atoms with Gasteiger partial charge in [0.15, 0.2) is 16.8 Å². The molecule has 0 atom stereocenters.